The zero-order valence-corrected chi connectivity index (χ0v) is 11.4. The Kier molecular flexibility index (Phi) is 9.42. The van der Waals surface area contributed by atoms with Crippen molar-refractivity contribution in [3.05, 3.63) is 0 Å². The molecule has 1 rings (SSSR count). The molecule has 0 spiro atoms. The summed E-state index contributed by atoms with van der Waals surface area (Å²) in [5.41, 5.74) is 5.57. The summed E-state index contributed by atoms with van der Waals surface area (Å²) in [5, 5.41) is 19.1. The first-order valence-corrected chi connectivity index (χ1v) is 5.09. The fourth-order valence-corrected chi connectivity index (χ4v) is 1.89. The van der Waals surface area contributed by atoms with Crippen LogP contribution in [0.25, 0.3) is 0 Å². The molecule has 0 aromatic carbocycles. The number of nitrogens with one attached hydrogen (secondary N) is 1. The summed E-state index contributed by atoms with van der Waals surface area (Å²) in [7, 11) is 0. The minimum Gasteiger partial charge on any atom is -0.464 e. The molecule has 17 heavy (non-hydrogen) atoms. The molecule has 0 aromatic rings. The first-order chi connectivity index (χ1) is 7.06. The first kappa shape index (κ1) is 18.8. The summed E-state index contributed by atoms with van der Waals surface area (Å²) < 4.78 is 0. The fraction of sp³-hybridized carbons (Fsp3) is 0.778. The molecule has 1 atom stereocenters. The zero-order chi connectivity index (χ0) is 11.4. The third kappa shape index (κ3) is 5.08. The average molecular weight is 287 g/mol. The minimum absolute atomic E-state index is 0. The van der Waals surface area contributed by atoms with E-state index in [1.165, 1.54) is 6.92 Å². The maximum Gasteiger partial charge on any atom is 0.427 e. The molecule has 1 aliphatic heterocycles. The van der Waals surface area contributed by atoms with Gasteiger partial charge in [-0.15, -0.1) is 24.8 Å². The monoisotopic (exact) mass is 286 g/mol. The van der Waals surface area contributed by atoms with E-state index in [1.807, 2.05) is 0 Å². The lowest BCUT2D eigenvalue weighted by Gasteiger charge is -2.37. The van der Waals surface area contributed by atoms with Crippen LogP contribution in [0.5, 0.6) is 0 Å². The molecule has 1 saturated heterocycles. The van der Waals surface area contributed by atoms with Crippen LogP contribution in [0.1, 0.15) is 19.8 Å². The lowest BCUT2D eigenvalue weighted by atomic mass is 9.99. The van der Waals surface area contributed by atoms with Crippen LogP contribution in [0.4, 0.5) is 4.79 Å². The normalized spacial score (nSPS) is 19.8. The molecule has 0 radical (unpaired) electrons. The van der Waals surface area contributed by atoms with Gasteiger partial charge in [0.1, 0.15) is 5.84 Å². The van der Waals surface area contributed by atoms with E-state index in [2.05, 4.69) is 0 Å². The van der Waals surface area contributed by atoms with Crippen LogP contribution in [-0.4, -0.2) is 46.7 Å². The van der Waals surface area contributed by atoms with Gasteiger partial charge in [-0.05, 0) is 32.2 Å². The van der Waals surface area contributed by atoms with Gasteiger partial charge in [-0.2, -0.15) is 5.01 Å². The molecule has 102 valence electrons. The number of rotatable bonds is 2. The zero-order valence-electron chi connectivity index (χ0n) is 9.76. The van der Waals surface area contributed by atoms with Gasteiger partial charge in [0, 0.05) is 13.1 Å². The number of carboxylic acid groups (broad SMARTS) is 1. The van der Waals surface area contributed by atoms with Crippen molar-refractivity contribution in [2.75, 3.05) is 19.6 Å². The Morgan fingerprint density at radius 3 is 2.59 bits per heavy atom. The van der Waals surface area contributed by atoms with Crippen LogP contribution in [0.2, 0.25) is 0 Å². The molecular formula is C9H20Cl2N4O2. The lowest BCUT2D eigenvalue weighted by Crippen LogP contribution is -2.53. The Balaban J connectivity index is 0. The molecule has 8 heteroatoms. The third-order valence-corrected chi connectivity index (χ3v) is 2.61. The number of amides is 1. The van der Waals surface area contributed by atoms with E-state index < -0.39 is 6.09 Å². The molecule has 1 aliphatic rings. The van der Waals surface area contributed by atoms with Crippen LogP contribution in [-0.2, 0) is 0 Å². The lowest BCUT2D eigenvalue weighted by molar-refractivity contribution is 0.0123. The molecule has 1 heterocycles. The van der Waals surface area contributed by atoms with Crippen molar-refractivity contribution in [2.45, 2.75) is 19.8 Å². The highest BCUT2D eigenvalue weighted by atomic mass is 35.5. The maximum absolute atomic E-state index is 10.9. The summed E-state index contributed by atoms with van der Waals surface area (Å²) in [6.45, 7) is 3.35. The standard InChI is InChI=1S/C9H18N4O2.2ClH/c1-7(11)13(9(14)15)12-4-2-3-8(5-10)6-12;;/h8,11H,2-6,10H2,1H3,(H,14,15);2*1H/t8-;;/m0../s1. The van der Waals surface area contributed by atoms with Crippen molar-refractivity contribution in [3.8, 4) is 0 Å². The van der Waals surface area contributed by atoms with Gasteiger partial charge in [-0.1, -0.05) is 0 Å². The van der Waals surface area contributed by atoms with Gasteiger partial charge < -0.3 is 10.8 Å². The second-order valence-corrected chi connectivity index (χ2v) is 3.84. The first-order valence-electron chi connectivity index (χ1n) is 5.09. The van der Waals surface area contributed by atoms with E-state index >= 15 is 0 Å². The molecule has 1 fully saturated rings. The SMILES string of the molecule is CC(=N)N(C(=O)O)N1CCC[C@@H](CN)C1.Cl.Cl. The van der Waals surface area contributed by atoms with Crippen molar-refractivity contribution in [3.63, 3.8) is 0 Å². The van der Waals surface area contributed by atoms with Crippen molar-refractivity contribution in [2.24, 2.45) is 11.7 Å². The molecule has 0 aromatic heterocycles. The highest BCUT2D eigenvalue weighted by Gasteiger charge is 2.27. The van der Waals surface area contributed by atoms with Crippen LogP contribution in [0, 0.1) is 11.3 Å². The van der Waals surface area contributed by atoms with Crippen molar-refractivity contribution in [1.82, 2.24) is 10.0 Å². The number of amidine groups is 1. The molecule has 0 unspecified atom stereocenters. The summed E-state index contributed by atoms with van der Waals surface area (Å²) in [6.07, 6.45) is 0.872. The van der Waals surface area contributed by atoms with E-state index in [0.717, 1.165) is 17.9 Å². The molecule has 0 bridgehead atoms. The number of hydrogen-bond donors (Lipinski definition) is 3. The average Bonchev–Trinajstić information content (AvgIpc) is 2.17. The molecule has 0 saturated carbocycles. The van der Waals surface area contributed by atoms with Gasteiger partial charge in [0.25, 0.3) is 0 Å². The molecule has 6 nitrogen and oxygen atoms in total. The predicted octanol–water partition coefficient (Wildman–Crippen LogP) is 1.39. The van der Waals surface area contributed by atoms with Crippen molar-refractivity contribution < 1.29 is 9.90 Å². The Hall–Kier alpha value is -0.560. The molecule has 1 amide bonds. The quantitative estimate of drug-likeness (QED) is 0.528. The number of hydrogen-bond acceptors (Lipinski definition) is 4. The second kappa shape index (κ2) is 8.52. The minimum atomic E-state index is -1.10. The number of carbonyl (C=O) groups is 1. The number of piperidine rings is 1. The summed E-state index contributed by atoms with van der Waals surface area (Å²) in [5.74, 6) is 0.361. The van der Waals surface area contributed by atoms with Gasteiger partial charge >= 0.3 is 6.09 Å². The van der Waals surface area contributed by atoms with E-state index in [-0.39, 0.29) is 30.6 Å². The van der Waals surface area contributed by atoms with Gasteiger partial charge in [-0.25, -0.2) is 9.80 Å². The Morgan fingerprint density at radius 2 is 2.18 bits per heavy atom. The van der Waals surface area contributed by atoms with Crippen LogP contribution < -0.4 is 5.73 Å². The highest BCUT2D eigenvalue weighted by Crippen LogP contribution is 2.17. The molecule has 4 N–H and O–H groups in total. The van der Waals surface area contributed by atoms with E-state index in [9.17, 15) is 4.79 Å². The smallest absolute Gasteiger partial charge is 0.427 e. The predicted molar refractivity (Wildman–Crippen MR) is 71.1 cm³/mol. The summed E-state index contributed by atoms with van der Waals surface area (Å²) >= 11 is 0. The summed E-state index contributed by atoms with van der Waals surface area (Å²) in [6, 6.07) is 0. The summed E-state index contributed by atoms with van der Waals surface area (Å²) in [4.78, 5) is 10.9. The fourth-order valence-electron chi connectivity index (χ4n) is 1.89. The topological polar surface area (TPSA) is 93.6 Å². The molecule has 0 aliphatic carbocycles. The van der Waals surface area contributed by atoms with E-state index in [4.69, 9.17) is 16.2 Å². The highest BCUT2D eigenvalue weighted by molar-refractivity contribution is 5.90. The van der Waals surface area contributed by atoms with Gasteiger partial charge in [0.05, 0.1) is 0 Å². The number of nitrogens with zero attached hydrogens (tertiary/aromatic N) is 2. The number of halogens is 2. The van der Waals surface area contributed by atoms with Gasteiger partial charge in [0.15, 0.2) is 0 Å². The van der Waals surface area contributed by atoms with Crippen LogP contribution >= 0.6 is 24.8 Å². The maximum atomic E-state index is 10.9. The largest absolute Gasteiger partial charge is 0.464 e. The Bertz CT molecular complexity index is 251. The molecular weight excluding hydrogens is 267 g/mol. The van der Waals surface area contributed by atoms with Crippen molar-refractivity contribution in [1.29, 1.82) is 5.41 Å². The van der Waals surface area contributed by atoms with Gasteiger partial charge in [-0.3, -0.25) is 5.41 Å². The third-order valence-electron chi connectivity index (χ3n) is 2.61. The second-order valence-electron chi connectivity index (χ2n) is 3.84. The van der Waals surface area contributed by atoms with E-state index in [0.29, 0.717) is 25.6 Å². The van der Waals surface area contributed by atoms with Crippen molar-refractivity contribution >= 4 is 36.7 Å². The van der Waals surface area contributed by atoms with Crippen LogP contribution in [0.15, 0.2) is 0 Å². The van der Waals surface area contributed by atoms with Gasteiger partial charge in [0.2, 0.25) is 0 Å². The number of hydrazine groups is 1. The Labute approximate surface area is 113 Å². The van der Waals surface area contributed by atoms with Crippen LogP contribution in [0.3, 0.4) is 0 Å². The van der Waals surface area contributed by atoms with E-state index in [1.54, 1.807) is 5.01 Å². The Morgan fingerprint density at radius 1 is 1.59 bits per heavy atom. The number of nitrogens with two attached hydrogens (primary N) is 1.